The van der Waals surface area contributed by atoms with E-state index in [0.29, 0.717) is 6.42 Å². The average molecular weight is 604 g/mol. The summed E-state index contributed by atoms with van der Waals surface area (Å²) in [5.74, 6) is -0.669. The number of nitrogens with two attached hydrogens (primary N) is 1. The Morgan fingerprint density at radius 3 is 2.54 bits per heavy atom. The summed E-state index contributed by atoms with van der Waals surface area (Å²) >= 11 is 0. The lowest BCUT2D eigenvalue weighted by atomic mass is 10.1. The van der Waals surface area contributed by atoms with Gasteiger partial charge in [0.05, 0.1) is 13.2 Å². The van der Waals surface area contributed by atoms with Crippen LogP contribution in [0.25, 0.3) is 0 Å². The fourth-order valence-electron chi connectivity index (χ4n) is 3.30. The Labute approximate surface area is 221 Å². The highest BCUT2D eigenvalue weighted by Gasteiger charge is 2.48. The first-order valence-electron chi connectivity index (χ1n) is 11.6. The van der Waals surface area contributed by atoms with Crippen molar-refractivity contribution in [2.75, 3.05) is 25.6 Å². The molecule has 2 heterocycles. The number of hydrogen-bond acceptors (Lipinski definition) is 14. The highest BCUT2D eigenvalue weighted by Crippen LogP contribution is 2.60. The number of phosphoric ester groups is 2. The SMILES string of the molecule is CCCCCC(=O)O[C@@H](COC=O)COP(=O)(O)OP(=O)(O)OC[C@H]1O[C@@H]([n+]2ccc(N)[nH]c2=O)[C@H](O)[C@@H]1O. The van der Waals surface area contributed by atoms with E-state index in [0.717, 1.165) is 17.4 Å². The molecule has 20 heteroatoms. The van der Waals surface area contributed by atoms with E-state index in [1.54, 1.807) is 0 Å². The van der Waals surface area contributed by atoms with E-state index in [9.17, 15) is 43.5 Å². The fourth-order valence-corrected chi connectivity index (χ4v) is 5.41. The number of hydrogen-bond donors (Lipinski definition) is 6. The first-order chi connectivity index (χ1) is 18.3. The number of ether oxygens (including phenoxy) is 3. The molecule has 18 nitrogen and oxygen atoms in total. The number of aromatic nitrogens is 2. The first-order valence-corrected chi connectivity index (χ1v) is 14.6. The average Bonchev–Trinajstić information content (AvgIpc) is 3.12. The third-order valence-corrected chi connectivity index (χ3v) is 7.78. The van der Waals surface area contributed by atoms with Crippen LogP contribution in [0.3, 0.4) is 0 Å². The standard InChI is InChI=1S/C19H31N3O15P2/c1-2-3-4-5-15(24)35-12(8-32-11-23)9-33-38(28,29)37-39(30,31)34-10-13-16(25)17(26)18(36-13)22-7-6-14(20)21-19(22)27/h6-7,11-13,16-18,25-26H,2-5,8-10H2,1H3,(H4,20,21,27,28,29,30,31)/p+1/t12-,13+,16+,17+,18+/m0/s1. The molecule has 1 saturated heterocycles. The molecule has 0 bridgehead atoms. The molecule has 0 spiro atoms. The van der Waals surface area contributed by atoms with Crippen LogP contribution < -0.4 is 16.0 Å². The molecule has 7 N–H and O–H groups in total. The lowest BCUT2D eigenvalue weighted by molar-refractivity contribution is -0.779. The van der Waals surface area contributed by atoms with Crippen molar-refractivity contribution < 1.29 is 70.9 Å². The molecule has 1 aromatic heterocycles. The summed E-state index contributed by atoms with van der Waals surface area (Å²) in [5.41, 5.74) is 4.67. The van der Waals surface area contributed by atoms with E-state index in [-0.39, 0.29) is 18.7 Å². The number of unbranched alkanes of at least 4 members (excludes halogenated alkanes) is 2. The number of carbonyl (C=O) groups is 2. The van der Waals surface area contributed by atoms with E-state index in [2.05, 4.69) is 23.1 Å². The van der Waals surface area contributed by atoms with Gasteiger partial charge >= 0.3 is 27.3 Å². The third kappa shape index (κ3) is 10.7. The number of nitrogen functional groups attached to an aromatic ring is 1. The maximum Gasteiger partial charge on any atom is 0.499 e. The minimum atomic E-state index is -5.34. The Balaban J connectivity index is 1.92. The van der Waals surface area contributed by atoms with E-state index in [1.807, 2.05) is 6.92 Å². The van der Waals surface area contributed by atoms with Gasteiger partial charge in [-0.25, -0.2) is 9.13 Å². The molecule has 0 aliphatic carbocycles. The molecule has 0 amide bonds. The molecule has 1 aliphatic rings. The lowest BCUT2D eigenvalue weighted by Gasteiger charge is -2.21. The molecule has 2 unspecified atom stereocenters. The van der Waals surface area contributed by atoms with Crippen molar-refractivity contribution >= 4 is 33.9 Å². The molecular weight excluding hydrogens is 572 g/mol. The van der Waals surface area contributed by atoms with Crippen molar-refractivity contribution in [1.29, 1.82) is 0 Å². The van der Waals surface area contributed by atoms with Gasteiger partial charge in [-0.2, -0.15) is 18.7 Å². The van der Waals surface area contributed by atoms with Crippen LogP contribution in [0.5, 0.6) is 0 Å². The summed E-state index contributed by atoms with van der Waals surface area (Å²) in [7, 11) is -10.7. The fraction of sp³-hybridized carbons (Fsp3) is 0.684. The Morgan fingerprint density at radius 2 is 1.90 bits per heavy atom. The van der Waals surface area contributed by atoms with Crippen LogP contribution in [-0.4, -0.2) is 81.7 Å². The van der Waals surface area contributed by atoms with Gasteiger partial charge in [-0.15, -0.1) is 0 Å². The van der Waals surface area contributed by atoms with Gasteiger partial charge in [0.2, 0.25) is 6.23 Å². The Bertz CT molecular complexity index is 1120. The van der Waals surface area contributed by atoms with Gasteiger partial charge in [0.15, 0.2) is 11.9 Å². The largest absolute Gasteiger partial charge is 0.499 e. The van der Waals surface area contributed by atoms with Gasteiger partial charge in [-0.3, -0.25) is 18.6 Å². The van der Waals surface area contributed by atoms with Gasteiger partial charge in [-0.05, 0) is 6.42 Å². The summed E-state index contributed by atoms with van der Waals surface area (Å²) in [4.78, 5) is 56.3. The maximum atomic E-state index is 12.2. The molecule has 39 heavy (non-hydrogen) atoms. The minimum absolute atomic E-state index is 0.0194. The van der Waals surface area contributed by atoms with Gasteiger partial charge in [0.25, 0.3) is 6.47 Å². The van der Waals surface area contributed by atoms with Crippen LogP contribution >= 0.6 is 15.6 Å². The molecule has 0 radical (unpaired) electrons. The van der Waals surface area contributed by atoms with Crippen LogP contribution in [0.15, 0.2) is 17.1 Å². The van der Waals surface area contributed by atoms with Crippen molar-refractivity contribution in [3.63, 3.8) is 0 Å². The molecule has 0 saturated carbocycles. The van der Waals surface area contributed by atoms with E-state index < -0.39 is 77.8 Å². The number of nitrogens with one attached hydrogen (secondary N) is 1. The summed E-state index contributed by atoms with van der Waals surface area (Å²) in [6.07, 6.45) is -4.28. The second-order valence-corrected chi connectivity index (χ2v) is 11.3. The Morgan fingerprint density at radius 1 is 1.21 bits per heavy atom. The zero-order valence-corrected chi connectivity index (χ0v) is 22.6. The summed E-state index contributed by atoms with van der Waals surface area (Å²) < 4.78 is 53.5. The number of nitrogens with zero attached hydrogens (tertiary/aromatic N) is 1. The van der Waals surface area contributed by atoms with Crippen molar-refractivity contribution in [2.24, 2.45) is 0 Å². The van der Waals surface area contributed by atoms with Crippen LogP contribution in [0.4, 0.5) is 5.82 Å². The predicted octanol–water partition coefficient (Wildman–Crippen LogP) is -1.22. The smallest absolute Gasteiger partial charge is 0.464 e. The molecule has 2 rings (SSSR count). The second kappa shape index (κ2) is 14.9. The Hall–Kier alpha value is -2.24. The van der Waals surface area contributed by atoms with Crippen LogP contribution in [-0.2, 0) is 46.3 Å². The third-order valence-electron chi connectivity index (χ3n) is 5.18. The molecule has 0 aromatic carbocycles. The number of aliphatic hydroxyl groups is 2. The summed E-state index contributed by atoms with van der Waals surface area (Å²) in [5, 5.41) is 20.4. The van der Waals surface area contributed by atoms with Gasteiger partial charge in [0, 0.05) is 12.5 Å². The van der Waals surface area contributed by atoms with E-state index >= 15 is 0 Å². The Kier molecular flexibility index (Phi) is 12.6. The number of carbonyl (C=O) groups excluding carboxylic acids is 2. The predicted molar refractivity (Wildman–Crippen MR) is 126 cm³/mol. The molecule has 222 valence electrons. The number of aromatic amines is 1. The number of esters is 1. The van der Waals surface area contributed by atoms with Crippen LogP contribution in [0.2, 0.25) is 0 Å². The molecule has 7 atom stereocenters. The molecule has 1 aromatic rings. The lowest BCUT2D eigenvalue weighted by Crippen LogP contribution is -2.58. The van der Waals surface area contributed by atoms with Gasteiger partial charge < -0.3 is 39.9 Å². The first kappa shape index (κ1) is 33.0. The number of H-pyrrole nitrogens is 1. The minimum Gasteiger partial charge on any atom is -0.464 e. The quantitative estimate of drug-likeness (QED) is 0.0400. The highest BCUT2D eigenvalue weighted by molar-refractivity contribution is 7.61. The van der Waals surface area contributed by atoms with Crippen molar-refractivity contribution in [3.8, 4) is 0 Å². The van der Waals surface area contributed by atoms with Crippen LogP contribution in [0, 0.1) is 0 Å². The zero-order chi connectivity index (χ0) is 29.2. The summed E-state index contributed by atoms with van der Waals surface area (Å²) in [6, 6.07) is 1.28. The molecule has 1 aliphatic heterocycles. The van der Waals surface area contributed by atoms with Gasteiger partial charge in [-0.1, -0.05) is 19.8 Å². The van der Waals surface area contributed by atoms with E-state index in [1.165, 1.54) is 12.3 Å². The maximum absolute atomic E-state index is 12.2. The molecular formula is C19H32N3O15P2+. The molecule has 1 fully saturated rings. The monoisotopic (exact) mass is 604 g/mol. The number of rotatable bonds is 17. The number of anilines is 1. The zero-order valence-electron chi connectivity index (χ0n) is 20.8. The van der Waals surface area contributed by atoms with Crippen molar-refractivity contribution in [2.45, 2.75) is 63.3 Å². The van der Waals surface area contributed by atoms with Crippen LogP contribution in [0.1, 0.15) is 38.8 Å². The number of aliphatic hydroxyl groups excluding tert-OH is 2. The van der Waals surface area contributed by atoms with Crippen molar-refractivity contribution in [1.82, 2.24) is 4.98 Å². The highest BCUT2D eigenvalue weighted by atomic mass is 31.3. The second-order valence-electron chi connectivity index (χ2n) is 8.26. The van der Waals surface area contributed by atoms with E-state index in [4.69, 9.17) is 15.2 Å². The summed E-state index contributed by atoms with van der Waals surface area (Å²) in [6.45, 7) is -0.348. The van der Waals surface area contributed by atoms with Crippen molar-refractivity contribution in [3.05, 3.63) is 22.7 Å². The van der Waals surface area contributed by atoms with Gasteiger partial charge in [0.1, 0.15) is 31.1 Å². The topological polar surface area (TPSA) is 267 Å². The normalized spacial score (nSPS) is 24.8. The number of phosphoric acid groups is 2.